The summed E-state index contributed by atoms with van der Waals surface area (Å²) in [6, 6.07) is 5.80. The molecule has 7 heteroatoms. The molecule has 0 amide bonds. The van der Waals surface area contributed by atoms with Crippen molar-refractivity contribution in [1.29, 1.82) is 0 Å². The molecule has 6 N–H and O–H groups in total. The lowest BCUT2D eigenvalue weighted by Gasteiger charge is -2.38. The molecule has 3 rings (SSSR count). The van der Waals surface area contributed by atoms with Crippen LogP contribution in [0.25, 0.3) is 0 Å². The summed E-state index contributed by atoms with van der Waals surface area (Å²) in [5.74, 6) is -3.57. The third-order valence-electron chi connectivity index (χ3n) is 3.67. The number of rotatable bonds is 1. The maximum Gasteiger partial charge on any atom is 0.261 e. The van der Waals surface area contributed by atoms with Gasteiger partial charge < -0.3 is 35.4 Å². The molecule has 1 aliphatic heterocycles. The van der Waals surface area contributed by atoms with E-state index in [-0.39, 0.29) is 40.5 Å². The van der Waals surface area contributed by atoms with E-state index in [9.17, 15) is 30.6 Å². The summed E-state index contributed by atoms with van der Waals surface area (Å²) in [6.45, 7) is 0. The van der Waals surface area contributed by atoms with Crippen molar-refractivity contribution < 1.29 is 35.4 Å². The van der Waals surface area contributed by atoms with Crippen LogP contribution in [-0.4, -0.2) is 36.7 Å². The van der Waals surface area contributed by atoms with Gasteiger partial charge in [-0.1, -0.05) is 0 Å². The number of phenolic OH excluding ortho intramolecular Hbond substituents is 4. The number of aliphatic hydroxyl groups is 2. The van der Waals surface area contributed by atoms with Crippen LogP contribution in [0.3, 0.4) is 0 Å². The van der Waals surface area contributed by atoms with E-state index in [0.717, 1.165) is 18.2 Å². The van der Waals surface area contributed by atoms with Crippen LogP contribution < -0.4 is 4.74 Å². The lowest BCUT2D eigenvalue weighted by atomic mass is 9.91. The van der Waals surface area contributed by atoms with Crippen LogP contribution in [-0.2, 0) is 12.2 Å². The van der Waals surface area contributed by atoms with Crippen molar-refractivity contribution in [2.24, 2.45) is 0 Å². The first-order valence-corrected chi connectivity index (χ1v) is 6.48. The molecule has 2 aromatic rings. The van der Waals surface area contributed by atoms with E-state index in [2.05, 4.69) is 0 Å². The minimum Gasteiger partial charge on any atom is -0.508 e. The highest BCUT2D eigenvalue weighted by Gasteiger charge is 2.45. The second-order valence-electron chi connectivity index (χ2n) is 5.16. The molecule has 0 aliphatic carbocycles. The molecule has 0 unspecified atom stereocenters. The lowest BCUT2D eigenvalue weighted by molar-refractivity contribution is -0.222. The molecule has 2 aromatic carbocycles. The first kappa shape index (κ1) is 14.3. The summed E-state index contributed by atoms with van der Waals surface area (Å²) < 4.78 is 5.37. The first-order valence-electron chi connectivity index (χ1n) is 6.48. The van der Waals surface area contributed by atoms with Crippen LogP contribution in [0, 0.1) is 0 Å². The van der Waals surface area contributed by atoms with Gasteiger partial charge in [0.05, 0.1) is 0 Å². The Morgan fingerprint density at radius 2 is 1.68 bits per heavy atom. The molecule has 0 aromatic heterocycles. The number of hydrogen-bond donors (Lipinski definition) is 6. The lowest BCUT2D eigenvalue weighted by Crippen LogP contribution is -2.48. The van der Waals surface area contributed by atoms with Gasteiger partial charge in [0.15, 0.2) is 11.5 Å². The predicted molar refractivity (Wildman–Crippen MR) is 73.8 cm³/mol. The molecule has 22 heavy (non-hydrogen) atoms. The fraction of sp³-hybridized carbons (Fsp3) is 0.200. The maximum absolute atomic E-state index is 10.6. The van der Waals surface area contributed by atoms with Crippen LogP contribution in [0.2, 0.25) is 0 Å². The molecule has 116 valence electrons. The highest BCUT2D eigenvalue weighted by molar-refractivity contribution is 5.52. The van der Waals surface area contributed by atoms with Crippen LogP contribution in [0.1, 0.15) is 11.1 Å². The third-order valence-corrected chi connectivity index (χ3v) is 3.67. The van der Waals surface area contributed by atoms with Gasteiger partial charge in [0.1, 0.15) is 23.4 Å². The average Bonchev–Trinajstić information content (AvgIpc) is 2.44. The van der Waals surface area contributed by atoms with Gasteiger partial charge in [-0.05, 0) is 18.2 Å². The second-order valence-corrected chi connectivity index (χ2v) is 5.16. The molecule has 2 atom stereocenters. The number of aliphatic hydroxyl groups excluding tert-OH is 1. The summed E-state index contributed by atoms with van der Waals surface area (Å²) in [5, 5.41) is 58.9. The average molecular weight is 306 g/mol. The zero-order valence-electron chi connectivity index (χ0n) is 11.3. The quantitative estimate of drug-likeness (QED) is 0.426. The molecule has 0 saturated carbocycles. The SMILES string of the molecule is Oc1cc(O)c2c(c1)O[C@](O)(c1ccc(O)c(O)c1)[C@@H](O)C2. The Morgan fingerprint density at radius 3 is 2.36 bits per heavy atom. The zero-order valence-corrected chi connectivity index (χ0v) is 11.3. The van der Waals surface area contributed by atoms with E-state index in [1.165, 1.54) is 12.1 Å². The molecular formula is C15H14O7. The Kier molecular flexibility index (Phi) is 3.05. The molecule has 0 fully saturated rings. The minimum absolute atomic E-state index is 0.0119. The van der Waals surface area contributed by atoms with Gasteiger partial charge in [-0.15, -0.1) is 0 Å². The largest absolute Gasteiger partial charge is 0.508 e. The zero-order chi connectivity index (χ0) is 16.1. The van der Waals surface area contributed by atoms with Gasteiger partial charge in [0.25, 0.3) is 5.79 Å². The molecule has 0 spiro atoms. The standard InChI is InChI=1S/C15H14O7/c16-8-4-11(18)9-6-14(20)15(21,22-13(9)5-8)7-1-2-10(17)12(19)3-7/h1-5,14,16-21H,6H2/t14-,15+/m0/s1. The van der Waals surface area contributed by atoms with Gasteiger partial charge in [0.2, 0.25) is 0 Å². The van der Waals surface area contributed by atoms with Crippen LogP contribution >= 0.6 is 0 Å². The van der Waals surface area contributed by atoms with E-state index >= 15 is 0 Å². The Morgan fingerprint density at radius 1 is 0.955 bits per heavy atom. The van der Waals surface area contributed by atoms with E-state index in [1.807, 2.05) is 0 Å². The van der Waals surface area contributed by atoms with Crippen molar-refractivity contribution in [1.82, 2.24) is 0 Å². The normalized spacial score (nSPS) is 23.6. The van der Waals surface area contributed by atoms with Crippen LogP contribution in [0.5, 0.6) is 28.7 Å². The van der Waals surface area contributed by atoms with E-state index < -0.39 is 17.6 Å². The number of hydrogen-bond acceptors (Lipinski definition) is 7. The molecular weight excluding hydrogens is 292 g/mol. The molecule has 0 saturated heterocycles. The monoisotopic (exact) mass is 306 g/mol. The smallest absolute Gasteiger partial charge is 0.261 e. The Bertz CT molecular complexity index is 743. The molecule has 7 nitrogen and oxygen atoms in total. The van der Waals surface area contributed by atoms with E-state index in [0.29, 0.717) is 0 Å². The highest BCUT2D eigenvalue weighted by Crippen LogP contribution is 2.44. The van der Waals surface area contributed by atoms with Gasteiger partial charge in [-0.25, -0.2) is 0 Å². The van der Waals surface area contributed by atoms with Crippen molar-refractivity contribution in [3.8, 4) is 28.7 Å². The summed E-state index contributed by atoms with van der Waals surface area (Å²) >= 11 is 0. The van der Waals surface area contributed by atoms with Crippen LogP contribution in [0.15, 0.2) is 30.3 Å². The Labute approximate surface area is 124 Å². The molecule has 1 heterocycles. The van der Waals surface area contributed by atoms with Crippen molar-refractivity contribution in [3.63, 3.8) is 0 Å². The third kappa shape index (κ3) is 2.07. The number of aromatic hydroxyl groups is 4. The second kappa shape index (κ2) is 4.69. The minimum atomic E-state index is -2.20. The van der Waals surface area contributed by atoms with Crippen molar-refractivity contribution in [3.05, 3.63) is 41.5 Å². The van der Waals surface area contributed by atoms with Crippen LogP contribution in [0.4, 0.5) is 0 Å². The first-order chi connectivity index (χ1) is 10.3. The number of fused-ring (bicyclic) bond motifs is 1. The summed E-state index contributed by atoms with van der Waals surface area (Å²) in [5.41, 5.74) is 0.266. The molecule has 0 bridgehead atoms. The van der Waals surface area contributed by atoms with E-state index in [4.69, 9.17) is 4.74 Å². The Balaban J connectivity index is 2.09. The summed E-state index contributed by atoms with van der Waals surface area (Å²) in [7, 11) is 0. The Hall–Kier alpha value is -2.64. The van der Waals surface area contributed by atoms with Crippen molar-refractivity contribution in [2.75, 3.05) is 0 Å². The predicted octanol–water partition coefficient (Wildman–Crippen LogP) is 0.650. The van der Waals surface area contributed by atoms with Gasteiger partial charge in [-0.2, -0.15) is 0 Å². The topological polar surface area (TPSA) is 131 Å². The fourth-order valence-corrected chi connectivity index (χ4v) is 2.48. The van der Waals surface area contributed by atoms with Gasteiger partial charge in [-0.3, -0.25) is 0 Å². The number of ether oxygens (including phenoxy) is 1. The summed E-state index contributed by atoms with van der Waals surface area (Å²) in [6.07, 6.45) is -1.56. The van der Waals surface area contributed by atoms with Gasteiger partial charge >= 0.3 is 0 Å². The fourth-order valence-electron chi connectivity index (χ4n) is 2.48. The van der Waals surface area contributed by atoms with Crippen molar-refractivity contribution >= 4 is 0 Å². The van der Waals surface area contributed by atoms with Gasteiger partial charge in [0, 0.05) is 29.7 Å². The summed E-state index contributed by atoms with van der Waals surface area (Å²) in [4.78, 5) is 0. The van der Waals surface area contributed by atoms with Crippen molar-refractivity contribution in [2.45, 2.75) is 18.3 Å². The molecule has 0 radical (unpaired) electrons. The number of phenols is 4. The maximum atomic E-state index is 10.6. The molecule has 1 aliphatic rings. The highest BCUT2D eigenvalue weighted by atomic mass is 16.6. The van der Waals surface area contributed by atoms with E-state index in [1.54, 1.807) is 0 Å². The number of benzene rings is 2.